The Morgan fingerprint density at radius 2 is 1.95 bits per heavy atom. The second-order valence-corrected chi connectivity index (χ2v) is 6.23. The zero-order chi connectivity index (χ0) is 15.3. The van der Waals surface area contributed by atoms with Gasteiger partial charge >= 0.3 is 5.97 Å². The van der Waals surface area contributed by atoms with Crippen LogP contribution in [0.1, 0.15) is 32.6 Å². The Balaban J connectivity index is 1.86. The van der Waals surface area contributed by atoms with Crippen LogP contribution in [-0.2, 0) is 9.59 Å². The minimum Gasteiger partial charge on any atom is -0.481 e. The average molecular weight is 297 g/mol. The Morgan fingerprint density at radius 1 is 1.24 bits per heavy atom. The lowest BCUT2D eigenvalue weighted by atomic mass is 9.81. The number of carbonyl (C=O) groups excluding carboxylic acids is 1. The van der Waals surface area contributed by atoms with Crippen LogP contribution in [0, 0.1) is 5.41 Å². The van der Waals surface area contributed by atoms with Gasteiger partial charge in [-0.15, -0.1) is 0 Å². The number of carboxylic acids is 1. The lowest BCUT2D eigenvalue weighted by molar-refractivity contribution is -0.144. The van der Waals surface area contributed by atoms with Crippen molar-refractivity contribution in [3.8, 4) is 0 Å². The smallest absolute Gasteiger partial charge is 0.304 e. The summed E-state index contributed by atoms with van der Waals surface area (Å²) in [7, 11) is 0. The van der Waals surface area contributed by atoms with E-state index in [1.54, 1.807) is 0 Å². The van der Waals surface area contributed by atoms with Gasteiger partial charge in [0.25, 0.3) is 0 Å². The molecule has 1 unspecified atom stereocenters. The molecule has 2 N–H and O–H groups in total. The van der Waals surface area contributed by atoms with Crippen molar-refractivity contribution in [1.29, 1.82) is 0 Å². The zero-order valence-corrected chi connectivity index (χ0v) is 12.9. The molecule has 0 aliphatic carbocycles. The summed E-state index contributed by atoms with van der Waals surface area (Å²) in [5.74, 6) is -0.459. The first-order chi connectivity index (χ1) is 10.1. The van der Waals surface area contributed by atoms with Gasteiger partial charge in [0, 0.05) is 39.3 Å². The largest absolute Gasteiger partial charge is 0.481 e. The molecule has 2 saturated heterocycles. The fraction of sp³-hybridized carbons (Fsp3) is 0.867. The SMILES string of the molecule is CCCC1(C(=O)N2CCN(CCC(=O)O)CC2)CCNC1. The van der Waals surface area contributed by atoms with E-state index in [-0.39, 0.29) is 11.8 Å². The molecule has 6 heteroatoms. The molecule has 1 amide bonds. The monoisotopic (exact) mass is 297 g/mol. The first kappa shape index (κ1) is 16.2. The van der Waals surface area contributed by atoms with Gasteiger partial charge in [-0.05, 0) is 19.4 Å². The average Bonchev–Trinajstić information content (AvgIpc) is 2.95. The van der Waals surface area contributed by atoms with Crippen LogP contribution in [0.5, 0.6) is 0 Å². The molecule has 2 rings (SSSR count). The molecule has 2 aliphatic heterocycles. The third-order valence-electron chi connectivity index (χ3n) is 4.73. The Kier molecular flexibility index (Phi) is 5.58. The lowest BCUT2D eigenvalue weighted by Gasteiger charge is -2.39. The summed E-state index contributed by atoms with van der Waals surface area (Å²) in [6.45, 7) is 7.48. The van der Waals surface area contributed by atoms with Gasteiger partial charge in [-0.1, -0.05) is 13.3 Å². The van der Waals surface area contributed by atoms with Crippen molar-refractivity contribution >= 4 is 11.9 Å². The number of nitrogens with one attached hydrogen (secondary N) is 1. The number of piperazine rings is 1. The van der Waals surface area contributed by atoms with Crippen LogP contribution in [0.15, 0.2) is 0 Å². The first-order valence-corrected chi connectivity index (χ1v) is 8.02. The predicted molar refractivity (Wildman–Crippen MR) is 80.1 cm³/mol. The maximum Gasteiger partial charge on any atom is 0.304 e. The van der Waals surface area contributed by atoms with E-state index < -0.39 is 5.97 Å². The third-order valence-corrected chi connectivity index (χ3v) is 4.73. The van der Waals surface area contributed by atoms with Crippen molar-refractivity contribution < 1.29 is 14.7 Å². The minimum absolute atomic E-state index is 0.178. The molecule has 2 aliphatic rings. The number of rotatable bonds is 6. The zero-order valence-electron chi connectivity index (χ0n) is 12.9. The molecule has 0 radical (unpaired) electrons. The number of hydrogen-bond donors (Lipinski definition) is 2. The van der Waals surface area contributed by atoms with Crippen LogP contribution in [0.4, 0.5) is 0 Å². The van der Waals surface area contributed by atoms with Crippen LogP contribution in [0.3, 0.4) is 0 Å². The first-order valence-electron chi connectivity index (χ1n) is 8.02. The maximum atomic E-state index is 12.9. The summed E-state index contributed by atoms with van der Waals surface area (Å²) in [6, 6.07) is 0. The van der Waals surface area contributed by atoms with Gasteiger partial charge in [-0.3, -0.25) is 14.5 Å². The molecule has 0 saturated carbocycles. The van der Waals surface area contributed by atoms with Gasteiger partial charge in [0.2, 0.25) is 5.91 Å². The summed E-state index contributed by atoms with van der Waals surface area (Å²) >= 11 is 0. The Labute approximate surface area is 126 Å². The van der Waals surface area contributed by atoms with E-state index in [1.807, 2.05) is 4.90 Å². The van der Waals surface area contributed by atoms with E-state index in [2.05, 4.69) is 17.1 Å². The highest BCUT2D eigenvalue weighted by atomic mass is 16.4. The van der Waals surface area contributed by atoms with Gasteiger partial charge in [0.15, 0.2) is 0 Å². The molecule has 0 bridgehead atoms. The van der Waals surface area contributed by atoms with Crippen LogP contribution in [0.25, 0.3) is 0 Å². The second kappa shape index (κ2) is 7.22. The van der Waals surface area contributed by atoms with Gasteiger partial charge in [0.05, 0.1) is 11.8 Å². The van der Waals surface area contributed by atoms with Crippen molar-refractivity contribution in [1.82, 2.24) is 15.1 Å². The van der Waals surface area contributed by atoms with E-state index in [9.17, 15) is 9.59 Å². The Morgan fingerprint density at radius 3 is 2.48 bits per heavy atom. The highest BCUT2D eigenvalue weighted by Crippen LogP contribution is 2.33. The quantitative estimate of drug-likeness (QED) is 0.742. The molecule has 21 heavy (non-hydrogen) atoms. The van der Waals surface area contributed by atoms with Gasteiger partial charge in [-0.25, -0.2) is 0 Å². The molecular weight excluding hydrogens is 270 g/mol. The molecule has 0 aromatic heterocycles. The van der Waals surface area contributed by atoms with E-state index in [0.29, 0.717) is 12.5 Å². The number of amides is 1. The third kappa shape index (κ3) is 3.95. The summed E-state index contributed by atoms with van der Waals surface area (Å²) in [5, 5.41) is 12.1. The van der Waals surface area contributed by atoms with Crippen LogP contribution in [-0.4, -0.2) is 72.6 Å². The van der Waals surface area contributed by atoms with Crippen molar-refractivity contribution in [3.63, 3.8) is 0 Å². The summed E-state index contributed by atoms with van der Waals surface area (Å²) in [5.41, 5.74) is -0.196. The molecule has 6 nitrogen and oxygen atoms in total. The molecule has 0 spiro atoms. The predicted octanol–water partition coefficient (Wildman–Crippen LogP) is 0.385. The van der Waals surface area contributed by atoms with E-state index >= 15 is 0 Å². The molecule has 2 heterocycles. The number of nitrogens with zero attached hydrogens (tertiary/aromatic N) is 2. The lowest BCUT2D eigenvalue weighted by Crippen LogP contribution is -2.54. The molecule has 1 atom stereocenters. The second-order valence-electron chi connectivity index (χ2n) is 6.23. The number of carbonyl (C=O) groups is 2. The van der Waals surface area contributed by atoms with Gasteiger partial charge < -0.3 is 15.3 Å². The molecule has 0 aromatic carbocycles. The highest BCUT2D eigenvalue weighted by molar-refractivity contribution is 5.83. The number of hydrogen-bond acceptors (Lipinski definition) is 4. The Bertz CT molecular complexity index is 372. The summed E-state index contributed by atoms with van der Waals surface area (Å²) in [4.78, 5) is 27.6. The van der Waals surface area contributed by atoms with Crippen molar-refractivity contribution in [2.45, 2.75) is 32.6 Å². The fourth-order valence-corrected chi connectivity index (χ4v) is 3.49. The Hall–Kier alpha value is -1.14. The molecule has 120 valence electrons. The van der Waals surface area contributed by atoms with E-state index in [4.69, 9.17) is 5.11 Å². The van der Waals surface area contributed by atoms with Gasteiger partial charge in [0.1, 0.15) is 0 Å². The van der Waals surface area contributed by atoms with Crippen LogP contribution >= 0.6 is 0 Å². The number of carboxylic acid groups (broad SMARTS) is 1. The summed E-state index contributed by atoms with van der Waals surface area (Å²) in [6.07, 6.45) is 3.11. The van der Waals surface area contributed by atoms with Crippen molar-refractivity contribution in [3.05, 3.63) is 0 Å². The standard InChI is InChI=1S/C15H27N3O3/c1-2-4-15(5-6-16-12-15)14(21)18-10-8-17(9-11-18)7-3-13(19)20/h16H,2-12H2,1H3,(H,19,20). The van der Waals surface area contributed by atoms with Crippen LogP contribution in [0.2, 0.25) is 0 Å². The number of aliphatic carboxylic acids is 1. The van der Waals surface area contributed by atoms with Crippen LogP contribution < -0.4 is 5.32 Å². The van der Waals surface area contributed by atoms with E-state index in [1.165, 1.54) is 0 Å². The summed E-state index contributed by atoms with van der Waals surface area (Å²) < 4.78 is 0. The van der Waals surface area contributed by atoms with Crippen molar-refractivity contribution in [2.24, 2.45) is 5.41 Å². The molecule has 0 aromatic rings. The van der Waals surface area contributed by atoms with Crippen molar-refractivity contribution in [2.75, 3.05) is 45.8 Å². The molecule has 2 fully saturated rings. The minimum atomic E-state index is -0.757. The normalized spacial score (nSPS) is 27.0. The molecular formula is C15H27N3O3. The maximum absolute atomic E-state index is 12.9. The topological polar surface area (TPSA) is 72.9 Å². The fourth-order valence-electron chi connectivity index (χ4n) is 3.49. The van der Waals surface area contributed by atoms with E-state index in [0.717, 1.165) is 58.5 Å². The highest BCUT2D eigenvalue weighted by Gasteiger charge is 2.43. The van der Waals surface area contributed by atoms with Gasteiger partial charge in [-0.2, -0.15) is 0 Å².